The van der Waals surface area contributed by atoms with E-state index in [0.717, 1.165) is 16.7 Å². The van der Waals surface area contributed by atoms with Gasteiger partial charge in [0.15, 0.2) is 16.4 Å². The molecule has 1 heterocycles. The van der Waals surface area contributed by atoms with Gasteiger partial charge in [-0.2, -0.15) is 0 Å². The summed E-state index contributed by atoms with van der Waals surface area (Å²) >= 11 is 0. The SMILES string of the molecule is CC(C)(C)c1cc(CCC(=O)OCC(=O)N[C@@H]2CCS(=O)(=O)C2)cc(C(C)(C)C)c1O. The van der Waals surface area contributed by atoms with Crippen molar-refractivity contribution < 1.29 is 27.9 Å². The normalized spacial score (nSPS) is 18.6. The smallest absolute Gasteiger partial charge is 0.306 e. The number of nitrogens with one attached hydrogen (secondary N) is 1. The molecule has 0 aliphatic carbocycles. The molecule has 0 aromatic heterocycles. The van der Waals surface area contributed by atoms with Gasteiger partial charge in [0.2, 0.25) is 0 Å². The first-order valence-corrected chi connectivity index (χ1v) is 12.4. The molecule has 1 amide bonds. The summed E-state index contributed by atoms with van der Waals surface area (Å²) in [5, 5.41) is 13.4. The van der Waals surface area contributed by atoms with Gasteiger partial charge in [0.1, 0.15) is 5.75 Å². The Hall–Kier alpha value is -2.09. The molecule has 0 saturated carbocycles. The molecule has 1 aromatic rings. The van der Waals surface area contributed by atoms with Crippen LogP contribution in [0.25, 0.3) is 0 Å². The van der Waals surface area contributed by atoms with Gasteiger partial charge in [0.05, 0.1) is 11.5 Å². The number of sulfone groups is 1. The Labute approximate surface area is 185 Å². The number of ether oxygens (including phenoxy) is 1. The van der Waals surface area contributed by atoms with E-state index in [4.69, 9.17) is 4.74 Å². The van der Waals surface area contributed by atoms with Crippen LogP contribution in [-0.2, 0) is 41.4 Å². The number of carbonyl (C=O) groups is 2. The Morgan fingerprint density at radius 3 is 2.10 bits per heavy atom. The highest BCUT2D eigenvalue weighted by molar-refractivity contribution is 7.91. The van der Waals surface area contributed by atoms with Crippen molar-refractivity contribution in [1.29, 1.82) is 0 Å². The third kappa shape index (κ3) is 7.23. The summed E-state index contributed by atoms with van der Waals surface area (Å²) in [6.07, 6.45) is 0.909. The number of aryl methyl sites for hydroxylation is 1. The second kappa shape index (κ2) is 9.18. The van der Waals surface area contributed by atoms with Crippen LogP contribution < -0.4 is 5.32 Å². The fourth-order valence-corrected chi connectivity index (χ4v) is 5.30. The van der Waals surface area contributed by atoms with E-state index < -0.39 is 34.4 Å². The summed E-state index contributed by atoms with van der Waals surface area (Å²) in [7, 11) is -3.08. The maximum atomic E-state index is 12.1. The van der Waals surface area contributed by atoms with E-state index in [9.17, 15) is 23.1 Å². The first kappa shape index (κ1) is 25.2. The first-order valence-electron chi connectivity index (χ1n) is 10.6. The van der Waals surface area contributed by atoms with Crippen LogP contribution in [0.5, 0.6) is 5.75 Å². The summed E-state index contributed by atoms with van der Waals surface area (Å²) in [4.78, 5) is 24.1. The molecule has 1 fully saturated rings. The van der Waals surface area contributed by atoms with Crippen LogP contribution in [0.2, 0.25) is 0 Å². The second-order valence-electron chi connectivity index (χ2n) is 10.4. The van der Waals surface area contributed by atoms with Gasteiger partial charge in [0, 0.05) is 12.5 Å². The van der Waals surface area contributed by atoms with Crippen LogP contribution in [0.4, 0.5) is 0 Å². The fourth-order valence-electron chi connectivity index (χ4n) is 3.62. The molecule has 1 atom stereocenters. The number of esters is 1. The quantitative estimate of drug-likeness (QED) is 0.641. The molecule has 1 aliphatic rings. The lowest BCUT2D eigenvalue weighted by atomic mass is 9.78. The maximum Gasteiger partial charge on any atom is 0.306 e. The molecule has 0 bridgehead atoms. The number of carbonyl (C=O) groups excluding carboxylic acids is 2. The van der Waals surface area contributed by atoms with Crippen LogP contribution in [0, 0.1) is 0 Å². The van der Waals surface area contributed by atoms with Crippen molar-refractivity contribution in [3.63, 3.8) is 0 Å². The van der Waals surface area contributed by atoms with Gasteiger partial charge in [-0.25, -0.2) is 8.42 Å². The van der Waals surface area contributed by atoms with E-state index in [0.29, 0.717) is 12.8 Å². The zero-order chi connectivity index (χ0) is 23.6. The van der Waals surface area contributed by atoms with Crippen molar-refractivity contribution in [3.05, 3.63) is 28.8 Å². The monoisotopic (exact) mass is 453 g/mol. The fraction of sp³-hybridized carbons (Fsp3) is 0.652. The van der Waals surface area contributed by atoms with Gasteiger partial charge >= 0.3 is 5.97 Å². The predicted octanol–water partition coefficient (Wildman–Crippen LogP) is 2.77. The molecule has 7 nitrogen and oxygen atoms in total. The van der Waals surface area contributed by atoms with Crippen molar-refractivity contribution >= 4 is 21.7 Å². The van der Waals surface area contributed by atoms with E-state index in [1.807, 2.05) is 53.7 Å². The molecule has 0 unspecified atom stereocenters. The standard InChI is InChI=1S/C23H35NO6S/c1-22(2,3)17-11-15(12-18(21(17)27)23(4,5)6)7-8-20(26)30-13-19(25)24-16-9-10-31(28,29)14-16/h11-12,16,27H,7-10,13-14H2,1-6H3,(H,24,25)/t16-/m1/s1. The van der Waals surface area contributed by atoms with Gasteiger partial charge in [-0.1, -0.05) is 53.7 Å². The lowest BCUT2D eigenvalue weighted by molar-refractivity contribution is -0.148. The molecular weight excluding hydrogens is 418 g/mol. The van der Waals surface area contributed by atoms with E-state index in [2.05, 4.69) is 5.32 Å². The number of benzene rings is 1. The van der Waals surface area contributed by atoms with Gasteiger partial charge in [0.25, 0.3) is 5.91 Å². The van der Waals surface area contributed by atoms with Crippen molar-refractivity contribution in [2.45, 2.75) is 77.7 Å². The molecular formula is C23H35NO6S. The number of hydrogen-bond donors (Lipinski definition) is 2. The summed E-state index contributed by atoms with van der Waals surface area (Å²) in [6, 6.07) is 3.43. The lowest BCUT2D eigenvalue weighted by Gasteiger charge is -2.28. The molecule has 1 saturated heterocycles. The van der Waals surface area contributed by atoms with Gasteiger partial charge in [-0.3, -0.25) is 9.59 Å². The molecule has 174 valence electrons. The number of rotatable bonds is 6. The van der Waals surface area contributed by atoms with Gasteiger partial charge < -0.3 is 15.2 Å². The Morgan fingerprint density at radius 2 is 1.65 bits per heavy atom. The summed E-state index contributed by atoms with van der Waals surface area (Å²) in [5.74, 6) is -0.712. The zero-order valence-electron chi connectivity index (χ0n) is 19.4. The average molecular weight is 454 g/mol. The van der Waals surface area contributed by atoms with E-state index in [-0.39, 0.29) is 34.5 Å². The minimum Gasteiger partial charge on any atom is -0.507 e. The third-order valence-electron chi connectivity index (χ3n) is 5.37. The summed E-state index contributed by atoms with van der Waals surface area (Å²) in [5.41, 5.74) is 2.06. The molecule has 2 rings (SSSR count). The zero-order valence-corrected chi connectivity index (χ0v) is 20.2. The summed E-state index contributed by atoms with van der Waals surface area (Å²) < 4.78 is 28.0. The first-order chi connectivity index (χ1) is 14.1. The largest absolute Gasteiger partial charge is 0.507 e. The number of amides is 1. The predicted molar refractivity (Wildman–Crippen MR) is 120 cm³/mol. The number of aromatic hydroxyl groups is 1. The average Bonchev–Trinajstić information content (AvgIpc) is 2.95. The Morgan fingerprint density at radius 1 is 1.10 bits per heavy atom. The Balaban J connectivity index is 1.96. The van der Waals surface area contributed by atoms with Crippen molar-refractivity contribution in [2.24, 2.45) is 0 Å². The highest BCUT2D eigenvalue weighted by Gasteiger charge is 2.29. The van der Waals surface area contributed by atoms with Gasteiger partial charge in [-0.05, 0) is 40.4 Å². The minimum absolute atomic E-state index is 0.0669. The van der Waals surface area contributed by atoms with Crippen molar-refractivity contribution in [2.75, 3.05) is 18.1 Å². The molecule has 31 heavy (non-hydrogen) atoms. The molecule has 8 heteroatoms. The molecule has 0 spiro atoms. The summed E-state index contributed by atoms with van der Waals surface area (Å²) in [6.45, 7) is 11.7. The third-order valence-corrected chi connectivity index (χ3v) is 7.13. The number of phenols is 1. The number of phenolic OH excluding ortho intramolecular Hbond substituents is 1. The van der Waals surface area contributed by atoms with Crippen LogP contribution in [-0.4, -0.2) is 49.6 Å². The molecule has 1 aromatic carbocycles. The maximum absolute atomic E-state index is 12.1. The van der Waals surface area contributed by atoms with Crippen LogP contribution in [0.3, 0.4) is 0 Å². The van der Waals surface area contributed by atoms with Crippen molar-refractivity contribution in [1.82, 2.24) is 5.32 Å². The molecule has 1 aliphatic heterocycles. The minimum atomic E-state index is -3.08. The van der Waals surface area contributed by atoms with Crippen LogP contribution in [0.1, 0.15) is 71.1 Å². The van der Waals surface area contributed by atoms with Crippen LogP contribution >= 0.6 is 0 Å². The molecule has 2 N–H and O–H groups in total. The Bertz CT molecular complexity index is 903. The second-order valence-corrected chi connectivity index (χ2v) is 12.6. The topological polar surface area (TPSA) is 110 Å². The highest BCUT2D eigenvalue weighted by atomic mass is 32.2. The van der Waals surface area contributed by atoms with Crippen LogP contribution in [0.15, 0.2) is 12.1 Å². The molecule has 0 radical (unpaired) electrons. The number of hydrogen-bond acceptors (Lipinski definition) is 6. The van der Waals surface area contributed by atoms with E-state index in [1.165, 1.54) is 0 Å². The van der Waals surface area contributed by atoms with Gasteiger partial charge in [-0.15, -0.1) is 0 Å². The Kier molecular flexibility index (Phi) is 7.46. The van der Waals surface area contributed by atoms with E-state index >= 15 is 0 Å². The lowest BCUT2D eigenvalue weighted by Crippen LogP contribution is -2.38. The van der Waals surface area contributed by atoms with E-state index in [1.54, 1.807) is 0 Å². The highest BCUT2D eigenvalue weighted by Crippen LogP contribution is 2.40. The van der Waals surface area contributed by atoms with Crippen molar-refractivity contribution in [3.8, 4) is 5.75 Å².